The molecule has 2 nitrogen and oxygen atoms in total. The topological polar surface area (TPSA) is 12.5 Å². The second-order valence-corrected chi connectivity index (χ2v) is 7.94. The third kappa shape index (κ3) is 6.95. The Kier molecular flexibility index (Phi) is 7.42. The second kappa shape index (κ2) is 9.32. The fourth-order valence-corrected chi connectivity index (χ4v) is 3.22. The predicted octanol–water partition coefficient (Wildman–Crippen LogP) is 5.41. The van der Waals surface area contributed by atoms with Crippen LogP contribution in [-0.4, -0.2) is 31.1 Å². The molecule has 1 aromatic rings. The molecule has 0 spiro atoms. The van der Waals surface area contributed by atoms with Gasteiger partial charge in [0.05, 0.1) is 6.61 Å². The van der Waals surface area contributed by atoms with Crippen molar-refractivity contribution in [3.05, 3.63) is 29.8 Å². The van der Waals surface area contributed by atoms with E-state index in [4.69, 9.17) is 4.74 Å². The molecule has 1 fully saturated rings. The van der Waals surface area contributed by atoms with Gasteiger partial charge in [-0.1, -0.05) is 52.2 Å². The molecular weight excluding hydrogens is 282 g/mol. The number of ether oxygens (including phenoxy) is 1. The molecule has 1 aromatic carbocycles. The van der Waals surface area contributed by atoms with Crippen molar-refractivity contribution in [2.75, 3.05) is 26.2 Å². The number of benzene rings is 1. The Balaban J connectivity index is 1.51. The van der Waals surface area contributed by atoms with E-state index in [0.717, 1.165) is 12.4 Å². The summed E-state index contributed by atoms with van der Waals surface area (Å²) in [5.74, 6) is 1.01. The van der Waals surface area contributed by atoms with Gasteiger partial charge in [0.1, 0.15) is 5.75 Å². The third-order valence-electron chi connectivity index (χ3n) is 4.81. The van der Waals surface area contributed by atoms with Gasteiger partial charge in [0.2, 0.25) is 0 Å². The van der Waals surface area contributed by atoms with Crippen molar-refractivity contribution in [2.24, 2.45) is 0 Å². The zero-order chi connectivity index (χ0) is 16.5. The van der Waals surface area contributed by atoms with E-state index >= 15 is 0 Å². The zero-order valence-corrected chi connectivity index (χ0v) is 15.4. The molecule has 0 amide bonds. The Labute approximate surface area is 143 Å². The van der Waals surface area contributed by atoms with Gasteiger partial charge in [-0.05, 0) is 68.4 Å². The van der Waals surface area contributed by atoms with Crippen molar-refractivity contribution in [3.63, 3.8) is 0 Å². The highest BCUT2D eigenvalue weighted by Gasteiger charge is 2.13. The smallest absolute Gasteiger partial charge is 0.119 e. The van der Waals surface area contributed by atoms with Gasteiger partial charge in [-0.15, -0.1) is 0 Å². The van der Waals surface area contributed by atoms with Crippen LogP contribution in [0.25, 0.3) is 0 Å². The van der Waals surface area contributed by atoms with E-state index < -0.39 is 0 Å². The third-order valence-corrected chi connectivity index (χ3v) is 4.81. The molecule has 130 valence electrons. The lowest BCUT2D eigenvalue weighted by Gasteiger charge is -2.26. The Morgan fingerprint density at radius 1 is 0.870 bits per heavy atom. The first-order valence-corrected chi connectivity index (χ1v) is 9.51. The molecule has 0 saturated carbocycles. The molecule has 0 aliphatic carbocycles. The first kappa shape index (κ1) is 18.3. The molecule has 0 atom stereocenters. The van der Waals surface area contributed by atoms with Crippen LogP contribution in [0.1, 0.15) is 71.3 Å². The van der Waals surface area contributed by atoms with Crippen LogP contribution in [-0.2, 0) is 5.41 Å². The van der Waals surface area contributed by atoms with Gasteiger partial charge in [0, 0.05) is 0 Å². The van der Waals surface area contributed by atoms with E-state index in [9.17, 15) is 0 Å². The first-order chi connectivity index (χ1) is 11.1. The van der Waals surface area contributed by atoms with Crippen LogP contribution in [0.4, 0.5) is 0 Å². The highest BCUT2D eigenvalue weighted by atomic mass is 16.5. The summed E-state index contributed by atoms with van der Waals surface area (Å²) in [6, 6.07) is 8.59. The summed E-state index contributed by atoms with van der Waals surface area (Å²) in [7, 11) is 0. The standard InChI is InChI=1S/C21H35NO/c1-21(2,3)19-11-13-20(14-12-19)23-18-10-5-4-7-15-22-16-8-6-9-17-22/h11-14H,4-10,15-18H2,1-3H3. The fraction of sp³-hybridized carbons (Fsp3) is 0.714. The average Bonchev–Trinajstić information content (AvgIpc) is 2.54. The van der Waals surface area contributed by atoms with Crippen LogP contribution in [0.3, 0.4) is 0 Å². The number of hydrogen-bond donors (Lipinski definition) is 0. The molecule has 2 heteroatoms. The minimum Gasteiger partial charge on any atom is -0.494 e. The number of rotatable bonds is 8. The van der Waals surface area contributed by atoms with Gasteiger partial charge in [-0.3, -0.25) is 0 Å². The summed E-state index contributed by atoms with van der Waals surface area (Å²) in [6.45, 7) is 11.5. The van der Waals surface area contributed by atoms with Gasteiger partial charge in [0.15, 0.2) is 0 Å². The van der Waals surface area contributed by atoms with Gasteiger partial charge >= 0.3 is 0 Å². The van der Waals surface area contributed by atoms with Crippen molar-refractivity contribution in [2.45, 2.75) is 71.1 Å². The lowest BCUT2D eigenvalue weighted by Crippen LogP contribution is -2.30. The second-order valence-electron chi connectivity index (χ2n) is 7.94. The monoisotopic (exact) mass is 317 g/mol. The Morgan fingerprint density at radius 2 is 1.52 bits per heavy atom. The van der Waals surface area contributed by atoms with E-state index in [-0.39, 0.29) is 5.41 Å². The first-order valence-electron chi connectivity index (χ1n) is 9.51. The summed E-state index contributed by atoms with van der Waals surface area (Å²) in [5.41, 5.74) is 1.58. The maximum atomic E-state index is 5.86. The van der Waals surface area contributed by atoms with E-state index in [1.165, 1.54) is 70.1 Å². The highest BCUT2D eigenvalue weighted by molar-refractivity contribution is 5.31. The lowest BCUT2D eigenvalue weighted by molar-refractivity contribution is 0.223. The highest BCUT2D eigenvalue weighted by Crippen LogP contribution is 2.24. The number of likely N-dealkylation sites (tertiary alicyclic amines) is 1. The molecule has 2 rings (SSSR count). The van der Waals surface area contributed by atoms with Crippen molar-refractivity contribution in [1.29, 1.82) is 0 Å². The van der Waals surface area contributed by atoms with Crippen LogP contribution in [0.2, 0.25) is 0 Å². The Morgan fingerprint density at radius 3 is 2.17 bits per heavy atom. The van der Waals surface area contributed by atoms with E-state index in [0.29, 0.717) is 0 Å². The SMILES string of the molecule is CC(C)(C)c1ccc(OCCCCCCN2CCCCC2)cc1. The van der Waals surface area contributed by atoms with Gasteiger partial charge < -0.3 is 9.64 Å². The molecule has 0 N–H and O–H groups in total. The van der Waals surface area contributed by atoms with Crippen molar-refractivity contribution < 1.29 is 4.74 Å². The number of nitrogens with zero attached hydrogens (tertiary/aromatic N) is 1. The van der Waals surface area contributed by atoms with E-state index in [1.54, 1.807) is 0 Å². The molecule has 0 bridgehead atoms. The van der Waals surface area contributed by atoms with E-state index in [2.05, 4.69) is 49.9 Å². The largest absolute Gasteiger partial charge is 0.494 e. The zero-order valence-electron chi connectivity index (χ0n) is 15.4. The minimum absolute atomic E-state index is 0.215. The normalized spacial score (nSPS) is 16.5. The minimum atomic E-state index is 0.215. The lowest BCUT2D eigenvalue weighted by atomic mass is 9.87. The summed E-state index contributed by atoms with van der Waals surface area (Å²) in [6.07, 6.45) is 9.38. The van der Waals surface area contributed by atoms with Gasteiger partial charge in [0.25, 0.3) is 0 Å². The summed E-state index contributed by atoms with van der Waals surface area (Å²) in [4.78, 5) is 2.64. The van der Waals surface area contributed by atoms with Crippen molar-refractivity contribution >= 4 is 0 Å². The maximum Gasteiger partial charge on any atom is 0.119 e. The number of unbranched alkanes of at least 4 members (excludes halogenated alkanes) is 3. The molecule has 1 saturated heterocycles. The molecule has 1 aliphatic heterocycles. The molecule has 0 unspecified atom stereocenters. The molecule has 23 heavy (non-hydrogen) atoms. The maximum absolute atomic E-state index is 5.86. The molecule has 0 radical (unpaired) electrons. The van der Waals surface area contributed by atoms with Crippen LogP contribution in [0, 0.1) is 0 Å². The molecule has 1 heterocycles. The van der Waals surface area contributed by atoms with Crippen LogP contribution in [0.15, 0.2) is 24.3 Å². The van der Waals surface area contributed by atoms with Crippen LogP contribution in [0.5, 0.6) is 5.75 Å². The van der Waals surface area contributed by atoms with E-state index in [1.807, 2.05) is 0 Å². The van der Waals surface area contributed by atoms with Crippen molar-refractivity contribution in [1.82, 2.24) is 4.90 Å². The summed E-state index contributed by atoms with van der Waals surface area (Å²) in [5, 5.41) is 0. The van der Waals surface area contributed by atoms with Gasteiger partial charge in [-0.2, -0.15) is 0 Å². The number of hydrogen-bond acceptors (Lipinski definition) is 2. The fourth-order valence-electron chi connectivity index (χ4n) is 3.22. The average molecular weight is 318 g/mol. The van der Waals surface area contributed by atoms with Crippen LogP contribution < -0.4 is 4.74 Å². The molecule has 1 aliphatic rings. The Hall–Kier alpha value is -1.02. The quantitative estimate of drug-likeness (QED) is 0.594. The van der Waals surface area contributed by atoms with Crippen molar-refractivity contribution in [3.8, 4) is 5.75 Å². The summed E-state index contributed by atoms with van der Waals surface area (Å²) >= 11 is 0. The summed E-state index contributed by atoms with van der Waals surface area (Å²) < 4.78 is 5.86. The van der Waals surface area contributed by atoms with Crippen LogP contribution >= 0.6 is 0 Å². The number of piperidine rings is 1. The van der Waals surface area contributed by atoms with Gasteiger partial charge in [-0.25, -0.2) is 0 Å². The molecule has 0 aromatic heterocycles. The Bertz CT molecular complexity index is 426. The predicted molar refractivity (Wildman–Crippen MR) is 99.4 cm³/mol. The molecular formula is C21H35NO.